The van der Waals surface area contributed by atoms with E-state index < -0.39 is 21.7 Å². The van der Waals surface area contributed by atoms with Crippen molar-refractivity contribution in [1.29, 1.82) is 0 Å². The van der Waals surface area contributed by atoms with E-state index in [0.717, 1.165) is 6.42 Å². The van der Waals surface area contributed by atoms with Gasteiger partial charge < -0.3 is 5.32 Å². The Morgan fingerprint density at radius 2 is 1.96 bits per heavy atom. The fourth-order valence-corrected chi connectivity index (χ4v) is 3.95. The maximum Gasteiger partial charge on any atom is 0.262 e. The van der Waals surface area contributed by atoms with E-state index in [0.29, 0.717) is 35.6 Å². The van der Waals surface area contributed by atoms with Crippen LogP contribution in [0.15, 0.2) is 64.5 Å². The highest BCUT2D eigenvalue weighted by molar-refractivity contribution is 7.90. The van der Waals surface area contributed by atoms with Crippen LogP contribution in [0.5, 0.6) is 0 Å². The van der Waals surface area contributed by atoms with E-state index in [1.807, 2.05) is 0 Å². The van der Waals surface area contributed by atoms with E-state index in [1.165, 1.54) is 30.3 Å². The molecule has 2 N–H and O–H groups in total. The van der Waals surface area contributed by atoms with Crippen molar-refractivity contribution in [3.8, 4) is 0 Å². The van der Waals surface area contributed by atoms with Crippen molar-refractivity contribution in [2.24, 2.45) is 4.99 Å². The zero-order valence-corrected chi connectivity index (χ0v) is 16.1. The molecule has 1 aliphatic rings. The minimum absolute atomic E-state index is 0.0229. The molecule has 0 spiro atoms. The first-order valence-corrected chi connectivity index (χ1v) is 10.2. The molecule has 0 fully saturated rings. The highest BCUT2D eigenvalue weighted by atomic mass is 32.2. The number of nitrogens with zero attached hydrogens (tertiary/aromatic N) is 1. The fraction of sp³-hybridized carbons (Fsp3) is 0.200. The summed E-state index contributed by atoms with van der Waals surface area (Å²) in [5, 5.41) is 2.61. The first-order chi connectivity index (χ1) is 13.3. The van der Waals surface area contributed by atoms with Gasteiger partial charge in [0.15, 0.2) is 0 Å². The summed E-state index contributed by atoms with van der Waals surface area (Å²) < 4.78 is 41.2. The van der Waals surface area contributed by atoms with Crippen molar-refractivity contribution in [3.63, 3.8) is 0 Å². The molecule has 0 bridgehead atoms. The molecular weight excluding hydrogens is 381 g/mol. The predicted molar refractivity (Wildman–Crippen MR) is 107 cm³/mol. The monoisotopic (exact) mass is 401 g/mol. The maximum absolute atomic E-state index is 13.8. The first-order valence-electron chi connectivity index (χ1n) is 8.75. The number of amidine groups is 1. The summed E-state index contributed by atoms with van der Waals surface area (Å²) in [7, 11) is -3.77. The minimum Gasteiger partial charge on any atom is -0.322 e. The molecule has 0 aliphatic carbocycles. The summed E-state index contributed by atoms with van der Waals surface area (Å²) in [5.74, 6) is -0.459. The lowest BCUT2D eigenvalue weighted by Gasteiger charge is -2.10. The number of carbonyl (C=O) groups is 1. The number of carbonyl (C=O) groups excluding carboxylic acids is 1. The van der Waals surface area contributed by atoms with Gasteiger partial charge in [-0.3, -0.25) is 14.5 Å². The Morgan fingerprint density at radius 3 is 2.68 bits per heavy atom. The molecule has 0 aromatic heterocycles. The van der Waals surface area contributed by atoms with Gasteiger partial charge in [0.2, 0.25) is 5.91 Å². The van der Waals surface area contributed by atoms with Crippen molar-refractivity contribution in [3.05, 3.63) is 66.0 Å². The second-order valence-electron chi connectivity index (χ2n) is 6.36. The minimum atomic E-state index is -3.77. The molecule has 0 radical (unpaired) electrons. The number of sulfonamides is 1. The number of benzene rings is 2. The summed E-state index contributed by atoms with van der Waals surface area (Å²) >= 11 is 0. The molecule has 6 nitrogen and oxygen atoms in total. The molecule has 0 saturated carbocycles. The molecule has 1 amide bonds. The van der Waals surface area contributed by atoms with Gasteiger partial charge in [-0.1, -0.05) is 24.3 Å². The number of amides is 1. The zero-order valence-electron chi connectivity index (χ0n) is 15.3. The molecule has 146 valence electrons. The SMILES string of the molecule is CC(=CC(=O)Nc1cccc(S(=O)(=O)NC2=NCCC2)c1)c1ccccc1F. The van der Waals surface area contributed by atoms with Crippen LogP contribution in [0.4, 0.5) is 10.1 Å². The quantitative estimate of drug-likeness (QED) is 0.754. The topological polar surface area (TPSA) is 87.6 Å². The zero-order chi connectivity index (χ0) is 20.1. The lowest BCUT2D eigenvalue weighted by Crippen LogP contribution is -2.29. The van der Waals surface area contributed by atoms with Gasteiger partial charge in [0.1, 0.15) is 11.7 Å². The van der Waals surface area contributed by atoms with Crippen LogP contribution in [-0.2, 0) is 14.8 Å². The van der Waals surface area contributed by atoms with Crippen LogP contribution in [0.25, 0.3) is 5.57 Å². The van der Waals surface area contributed by atoms with Gasteiger partial charge in [0.25, 0.3) is 10.0 Å². The van der Waals surface area contributed by atoms with Crippen LogP contribution in [-0.4, -0.2) is 26.7 Å². The number of hydrogen-bond acceptors (Lipinski definition) is 4. The van der Waals surface area contributed by atoms with Crippen LogP contribution < -0.4 is 10.0 Å². The lowest BCUT2D eigenvalue weighted by atomic mass is 10.1. The van der Waals surface area contributed by atoms with Gasteiger partial charge >= 0.3 is 0 Å². The predicted octanol–water partition coefficient (Wildman–Crippen LogP) is 3.34. The number of hydrogen-bond donors (Lipinski definition) is 2. The van der Waals surface area contributed by atoms with Crippen molar-refractivity contribution in [2.75, 3.05) is 11.9 Å². The van der Waals surface area contributed by atoms with Gasteiger partial charge in [0.05, 0.1) is 4.90 Å². The Bertz CT molecular complexity index is 1060. The van der Waals surface area contributed by atoms with E-state index in [4.69, 9.17) is 0 Å². The standard InChI is InChI=1S/C20H20FN3O3S/c1-14(17-8-2-3-9-18(17)21)12-20(25)23-15-6-4-7-16(13-15)28(26,27)24-19-10-5-11-22-19/h2-4,6-9,12-13H,5,10-11H2,1H3,(H,22,24)(H,23,25). The summed E-state index contributed by atoms with van der Waals surface area (Å²) in [4.78, 5) is 16.4. The molecule has 2 aromatic carbocycles. The summed E-state index contributed by atoms with van der Waals surface area (Å²) in [6, 6.07) is 12.1. The molecule has 8 heteroatoms. The van der Waals surface area contributed by atoms with Crippen molar-refractivity contribution >= 4 is 33.0 Å². The van der Waals surface area contributed by atoms with E-state index in [-0.39, 0.29) is 4.90 Å². The number of allylic oxidation sites excluding steroid dienone is 1. The van der Waals surface area contributed by atoms with E-state index in [9.17, 15) is 17.6 Å². The normalized spacial score (nSPS) is 14.5. The first kappa shape index (κ1) is 19.8. The van der Waals surface area contributed by atoms with Gasteiger partial charge in [-0.25, -0.2) is 12.8 Å². The van der Waals surface area contributed by atoms with Crippen LogP contribution in [0, 0.1) is 5.82 Å². The summed E-state index contributed by atoms with van der Waals surface area (Å²) in [6.07, 6.45) is 2.68. The van der Waals surface area contributed by atoms with E-state index in [2.05, 4.69) is 15.0 Å². The molecule has 0 atom stereocenters. The molecule has 2 aromatic rings. The Labute approximate surface area is 163 Å². The van der Waals surface area contributed by atoms with Crippen LogP contribution in [0.2, 0.25) is 0 Å². The molecule has 0 saturated heterocycles. The van der Waals surface area contributed by atoms with Crippen LogP contribution in [0.1, 0.15) is 25.3 Å². The Kier molecular flexibility index (Phi) is 5.89. The molecule has 28 heavy (non-hydrogen) atoms. The summed E-state index contributed by atoms with van der Waals surface area (Å²) in [6.45, 7) is 2.24. The number of halogens is 1. The second-order valence-corrected chi connectivity index (χ2v) is 8.04. The largest absolute Gasteiger partial charge is 0.322 e. The molecule has 1 aliphatic heterocycles. The lowest BCUT2D eigenvalue weighted by molar-refractivity contribution is -0.111. The average Bonchev–Trinajstić information content (AvgIpc) is 3.14. The Morgan fingerprint density at radius 1 is 1.18 bits per heavy atom. The highest BCUT2D eigenvalue weighted by Crippen LogP contribution is 2.19. The van der Waals surface area contributed by atoms with Gasteiger partial charge in [-0.05, 0) is 43.2 Å². The fourth-order valence-electron chi connectivity index (χ4n) is 2.81. The van der Waals surface area contributed by atoms with Gasteiger partial charge in [-0.15, -0.1) is 0 Å². The molecule has 3 rings (SSSR count). The molecule has 0 unspecified atom stereocenters. The van der Waals surface area contributed by atoms with Gasteiger partial charge in [0, 0.05) is 30.3 Å². The summed E-state index contributed by atoms with van der Waals surface area (Å²) in [5.41, 5.74) is 1.11. The van der Waals surface area contributed by atoms with Crippen LogP contribution in [0.3, 0.4) is 0 Å². The van der Waals surface area contributed by atoms with Gasteiger partial charge in [-0.2, -0.15) is 0 Å². The average molecular weight is 401 g/mol. The molecule has 1 heterocycles. The number of nitrogens with one attached hydrogen (secondary N) is 2. The number of anilines is 1. The van der Waals surface area contributed by atoms with E-state index in [1.54, 1.807) is 31.2 Å². The number of rotatable bonds is 5. The third-order valence-electron chi connectivity index (χ3n) is 4.18. The van der Waals surface area contributed by atoms with Crippen molar-refractivity contribution in [1.82, 2.24) is 4.72 Å². The molecular formula is C20H20FN3O3S. The third-order valence-corrected chi connectivity index (χ3v) is 5.56. The Hall–Kier alpha value is -3.00. The maximum atomic E-state index is 13.8. The van der Waals surface area contributed by atoms with E-state index >= 15 is 0 Å². The smallest absolute Gasteiger partial charge is 0.262 e. The second kappa shape index (κ2) is 8.35. The number of aliphatic imine (C=N–C) groups is 1. The highest BCUT2D eigenvalue weighted by Gasteiger charge is 2.18. The third kappa shape index (κ3) is 4.83. The Balaban J connectivity index is 1.74. The van der Waals surface area contributed by atoms with Crippen molar-refractivity contribution < 1.29 is 17.6 Å². The van der Waals surface area contributed by atoms with Crippen LogP contribution >= 0.6 is 0 Å². The van der Waals surface area contributed by atoms with Crippen molar-refractivity contribution in [2.45, 2.75) is 24.7 Å².